The quantitative estimate of drug-likeness (QED) is 0.623. The van der Waals surface area contributed by atoms with Gasteiger partial charge in [-0.15, -0.1) is 0 Å². The number of para-hydroxylation sites is 1. The Labute approximate surface area is 147 Å². The maximum atomic E-state index is 12.1. The topological polar surface area (TPSA) is 55.8 Å². The van der Waals surface area contributed by atoms with E-state index in [1.165, 1.54) is 11.1 Å². The molecule has 0 heterocycles. The van der Waals surface area contributed by atoms with Gasteiger partial charge in [0.05, 0.1) is 0 Å². The van der Waals surface area contributed by atoms with Crippen LogP contribution in [0.4, 0.5) is 0 Å². The van der Waals surface area contributed by atoms with E-state index >= 15 is 0 Å². The van der Waals surface area contributed by atoms with E-state index in [-0.39, 0.29) is 11.5 Å². The molecule has 0 saturated carbocycles. The molecule has 0 aliphatic rings. The minimum atomic E-state index is -4.23. The lowest BCUT2D eigenvalue weighted by molar-refractivity contribution is 0.291. The number of benzene rings is 3. The Hall–Kier alpha value is -2.55. The molecule has 25 heavy (non-hydrogen) atoms. The van der Waals surface area contributed by atoms with Crippen molar-refractivity contribution >= 4 is 7.82 Å². The van der Waals surface area contributed by atoms with Gasteiger partial charge in [0.25, 0.3) is 0 Å². The first-order valence-electron chi connectivity index (χ1n) is 7.92. The lowest BCUT2D eigenvalue weighted by atomic mass is 10.0. The van der Waals surface area contributed by atoms with Gasteiger partial charge in [-0.2, -0.15) is 0 Å². The van der Waals surface area contributed by atoms with Gasteiger partial charge in [-0.3, -0.25) is 4.89 Å². The van der Waals surface area contributed by atoms with Crippen LogP contribution in [0.25, 0.3) is 0 Å². The van der Waals surface area contributed by atoms with Gasteiger partial charge in [-0.1, -0.05) is 54.6 Å². The highest BCUT2D eigenvalue weighted by Gasteiger charge is 2.24. The third kappa shape index (κ3) is 4.96. The molecular weight excluding hydrogens is 335 g/mol. The second kappa shape index (κ2) is 7.56. The molecule has 0 bridgehead atoms. The molecule has 1 atom stereocenters. The number of hydrogen-bond donors (Lipinski definition) is 1. The van der Waals surface area contributed by atoms with Crippen LogP contribution in [-0.4, -0.2) is 4.89 Å². The van der Waals surface area contributed by atoms with E-state index in [0.717, 1.165) is 12.0 Å². The Bertz CT molecular complexity index is 876. The third-order valence-corrected chi connectivity index (χ3v) is 4.65. The van der Waals surface area contributed by atoms with Gasteiger partial charge in [-0.25, -0.2) is 4.57 Å². The molecule has 0 spiro atoms. The molecule has 0 saturated heterocycles. The van der Waals surface area contributed by atoms with Crippen molar-refractivity contribution in [3.05, 3.63) is 95.6 Å². The average Bonchev–Trinajstić information content (AvgIpc) is 2.59. The van der Waals surface area contributed by atoms with Crippen LogP contribution in [-0.2, 0) is 11.0 Å². The summed E-state index contributed by atoms with van der Waals surface area (Å²) in [6.45, 7) is 2.08. The van der Waals surface area contributed by atoms with Crippen molar-refractivity contribution in [3.8, 4) is 11.5 Å². The molecule has 0 fully saturated rings. The summed E-state index contributed by atoms with van der Waals surface area (Å²) >= 11 is 0. The summed E-state index contributed by atoms with van der Waals surface area (Å²) in [7, 11) is -4.23. The van der Waals surface area contributed by atoms with Crippen molar-refractivity contribution in [3.63, 3.8) is 0 Å². The highest BCUT2D eigenvalue weighted by atomic mass is 31.2. The van der Waals surface area contributed by atoms with Crippen molar-refractivity contribution in [2.45, 2.75) is 13.3 Å². The molecular formula is C20H19O4P. The lowest BCUT2D eigenvalue weighted by Gasteiger charge is -2.14. The van der Waals surface area contributed by atoms with Gasteiger partial charge in [-0.05, 0) is 54.3 Å². The predicted octanol–water partition coefficient (Wildman–Crippen LogP) is 5.14. The third-order valence-electron chi connectivity index (χ3n) is 3.76. The highest BCUT2D eigenvalue weighted by Crippen LogP contribution is 2.44. The van der Waals surface area contributed by atoms with E-state index < -0.39 is 7.82 Å². The summed E-state index contributed by atoms with van der Waals surface area (Å²) in [6, 6.07) is 23.7. The smallest absolute Gasteiger partial charge is 0.395 e. The number of aryl methyl sites for hydroxylation is 1. The number of phosphoric acid groups is 1. The molecule has 0 aliphatic heterocycles. The number of phosphoric ester groups is 1. The average molecular weight is 354 g/mol. The summed E-state index contributed by atoms with van der Waals surface area (Å²) < 4.78 is 22.2. The molecule has 3 rings (SSSR count). The largest absolute Gasteiger partial charge is 0.584 e. The Morgan fingerprint density at radius 1 is 0.800 bits per heavy atom. The molecule has 4 nitrogen and oxygen atoms in total. The van der Waals surface area contributed by atoms with Gasteiger partial charge < -0.3 is 9.05 Å². The van der Waals surface area contributed by atoms with E-state index in [1.54, 1.807) is 42.5 Å². The first-order valence-corrected chi connectivity index (χ1v) is 9.42. The molecule has 3 aromatic carbocycles. The predicted molar refractivity (Wildman–Crippen MR) is 98.0 cm³/mol. The standard InChI is InChI=1S/C20H19O4P/c1-16-7-5-6-8-18(16)15-17-11-13-20(14-12-17)24-25(21,22)23-19-9-3-2-4-10-19/h2-14H,15H2,1H3,(H,21,22). The molecule has 0 aliphatic carbocycles. The van der Waals surface area contributed by atoms with Gasteiger partial charge in [0.1, 0.15) is 11.5 Å². The Morgan fingerprint density at radius 2 is 1.36 bits per heavy atom. The van der Waals surface area contributed by atoms with E-state index in [2.05, 4.69) is 19.1 Å². The van der Waals surface area contributed by atoms with E-state index in [0.29, 0.717) is 0 Å². The van der Waals surface area contributed by atoms with Crippen LogP contribution in [0.5, 0.6) is 11.5 Å². The van der Waals surface area contributed by atoms with Crippen LogP contribution in [0.2, 0.25) is 0 Å². The first-order chi connectivity index (χ1) is 12.0. The van der Waals surface area contributed by atoms with Crippen LogP contribution >= 0.6 is 7.82 Å². The maximum absolute atomic E-state index is 12.1. The number of hydrogen-bond acceptors (Lipinski definition) is 3. The fraction of sp³-hybridized carbons (Fsp3) is 0.100. The zero-order valence-corrected chi connectivity index (χ0v) is 14.7. The summed E-state index contributed by atoms with van der Waals surface area (Å²) in [5.74, 6) is 0.569. The molecule has 3 aromatic rings. The molecule has 128 valence electrons. The first kappa shape index (κ1) is 17.3. The number of rotatable bonds is 6. The molecule has 5 heteroatoms. The fourth-order valence-corrected chi connectivity index (χ4v) is 3.28. The van der Waals surface area contributed by atoms with Crippen LogP contribution in [0.15, 0.2) is 78.9 Å². The molecule has 0 amide bonds. The van der Waals surface area contributed by atoms with Crippen LogP contribution in [0.3, 0.4) is 0 Å². The zero-order valence-electron chi connectivity index (χ0n) is 13.8. The Morgan fingerprint density at radius 3 is 2.00 bits per heavy atom. The highest BCUT2D eigenvalue weighted by molar-refractivity contribution is 7.48. The summed E-state index contributed by atoms with van der Waals surface area (Å²) in [5, 5.41) is 0. The summed E-state index contributed by atoms with van der Waals surface area (Å²) in [5.41, 5.74) is 3.58. The lowest BCUT2D eigenvalue weighted by Crippen LogP contribution is -2.00. The van der Waals surface area contributed by atoms with Gasteiger partial charge >= 0.3 is 7.82 Å². The van der Waals surface area contributed by atoms with Crippen molar-refractivity contribution < 1.29 is 18.5 Å². The van der Waals surface area contributed by atoms with E-state index in [4.69, 9.17) is 9.05 Å². The minimum Gasteiger partial charge on any atom is -0.395 e. The maximum Gasteiger partial charge on any atom is 0.584 e. The summed E-state index contributed by atoms with van der Waals surface area (Å²) in [4.78, 5) is 9.87. The second-order valence-electron chi connectivity index (χ2n) is 5.71. The van der Waals surface area contributed by atoms with Gasteiger partial charge in [0, 0.05) is 0 Å². The van der Waals surface area contributed by atoms with Crippen LogP contribution in [0.1, 0.15) is 16.7 Å². The van der Waals surface area contributed by atoms with Crippen molar-refractivity contribution in [2.75, 3.05) is 0 Å². The molecule has 1 unspecified atom stereocenters. The van der Waals surface area contributed by atoms with Crippen molar-refractivity contribution in [2.24, 2.45) is 0 Å². The van der Waals surface area contributed by atoms with Gasteiger partial charge in [0.15, 0.2) is 0 Å². The monoisotopic (exact) mass is 354 g/mol. The molecule has 1 N–H and O–H groups in total. The molecule has 0 aromatic heterocycles. The van der Waals surface area contributed by atoms with E-state index in [9.17, 15) is 9.46 Å². The van der Waals surface area contributed by atoms with E-state index in [1.807, 2.05) is 24.3 Å². The van der Waals surface area contributed by atoms with Gasteiger partial charge in [0.2, 0.25) is 0 Å². The zero-order chi connectivity index (χ0) is 17.7. The van der Waals surface area contributed by atoms with Crippen LogP contribution < -0.4 is 9.05 Å². The second-order valence-corrected chi connectivity index (χ2v) is 7.01. The molecule has 0 radical (unpaired) electrons. The fourth-order valence-electron chi connectivity index (χ4n) is 2.46. The minimum absolute atomic E-state index is 0.282. The van der Waals surface area contributed by atoms with Crippen molar-refractivity contribution in [1.82, 2.24) is 0 Å². The Kier molecular flexibility index (Phi) is 5.22. The normalized spacial score (nSPS) is 13.0. The van der Waals surface area contributed by atoms with Crippen LogP contribution in [0, 0.1) is 6.92 Å². The summed E-state index contributed by atoms with van der Waals surface area (Å²) in [6.07, 6.45) is 0.796. The Balaban J connectivity index is 1.66. The van der Waals surface area contributed by atoms with Crippen molar-refractivity contribution in [1.29, 1.82) is 0 Å². The SMILES string of the molecule is Cc1ccccc1Cc1ccc(OP(=O)(O)Oc2ccccc2)cc1.